The number of nitriles is 1. The molecule has 1 aromatic carbocycles. The highest BCUT2D eigenvalue weighted by Gasteiger charge is 2.58. The molecule has 0 N–H and O–H groups in total. The first-order chi connectivity index (χ1) is 10.3. The summed E-state index contributed by atoms with van der Waals surface area (Å²) >= 11 is 0. The predicted molar refractivity (Wildman–Crippen MR) is 79.4 cm³/mol. The Morgan fingerprint density at radius 1 is 1.24 bits per heavy atom. The lowest BCUT2D eigenvalue weighted by Gasteiger charge is -2.31. The number of nitrogens with zero attached hydrogens (tertiary/aromatic N) is 2. The van der Waals surface area contributed by atoms with Crippen LogP contribution < -0.4 is 0 Å². The Kier molecular flexibility index (Phi) is 2.99. The van der Waals surface area contributed by atoms with Crippen molar-refractivity contribution in [2.24, 2.45) is 11.8 Å². The highest BCUT2D eigenvalue weighted by Crippen LogP contribution is 2.60. The minimum atomic E-state index is -0.191. The molecule has 1 amide bonds. The third-order valence-corrected chi connectivity index (χ3v) is 5.55. The molecule has 3 aliphatic rings. The largest absolute Gasteiger partial charge is 0.326 e. The highest BCUT2D eigenvalue weighted by molar-refractivity contribution is 5.85. The van der Waals surface area contributed by atoms with Gasteiger partial charge in [0.2, 0.25) is 5.91 Å². The Morgan fingerprint density at radius 2 is 2.10 bits per heavy atom. The summed E-state index contributed by atoms with van der Waals surface area (Å²) in [5, 5.41) is 9.28. The van der Waals surface area contributed by atoms with Crippen LogP contribution in [0.2, 0.25) is 0 Å². The van der Waals surface area contributed by atoms with Gasteiger partial charge in [-0.25, -0.2) is 0 Å². The van der Waals surface area contributed by atoms with E-state index in [2.05, 4.69) is 30.3 Å². The smallest absolute Gasteiger partial charge is 0.227 e. The third-order valence-electron chi connectivity index (χ3n) is 5.55. The topological polar surface area (TPSA) is 44.1 Å². The lowest BCUT2D eigenvalue weighted by Crippen LogP contribution is -2.44. The zero-order chi connectivity index (χ0) is 14.4. The van der Waals surface area contributed by atoms with Crippen LogP contribution in [0.1, 0.15) is 42.7 Å². The average Bonchev–Trinajstić information content (AvgIpc) is 3.29. The Labute approximate surface area is 125 Å². The molecule has 1 heterocycles. The standard InChI is InChI=1S/C18H20N2O/c19-11-13-6-3-4-10-20(13)18(21)17-15-9-8-12-5-1-2-7-14(12)16(15)17/h1-2,5,7,13,15-17H,3-4,6,8-10H2. The van der Waals surface area contributed by atoms with Crippen LogP contribution in [0.4, 0.5) is 0 Å². The zero-order valence-electron chi connectivity index (χ0n) is 12.2. The second-order valence-corrected chi connectivity index (χ2v) is 6.63. The van der Waals surface area contributed by atoms with Crippen molar-refractivity contribution in [3.8, 4) is 6.07 Å². The molecule has 0 bridgehead atoms. The first-order valence-corrected chi connectivity index (χ1v) is 8.09. The van der Waals surface area contributed by atoms with Gasteiger partial charge in [0.15, 0.2) is 0 Å². The van der Waals surface area contributed by atoms with Gasteiger partial charge in [-0.05, 0) is 55.1 Å². The Bertz CT molecular complexity index is 618. The van der Waals surface area contributed by atoms with Gasteiger partial charge < -0.3 is 4.90 Å². The molecule has 1 saturated heterocycles. The van der Waals surface area contributed by atoms with Crippen molar-refractivity contribution in [3.63, 3.8) is 0 Å². The molecular formula is C18H20N2O. The van der Waals surface area contributed by atoms with E-state index in [1.165, 1.54) is 11.1 Å². The molecule has 2 fully saturated rings. The molecule has 1 aromatic rings. The number of benzene rings is 1. The lowest BCUT2D eigenvalue weighted by molar-refractivity contribution is -0.135. The van der Waals surface area contributed by atoms with Crippen LogP contribution in [0, 0.1) is 23.2 Å². The number of amides is 1. The molecule has 4 atom stereocenters. The van der Waals surface area contributed by atoms with E-state index in [0.29, 0.717) is 11.8 Å². The zero-order valence-corrected chi connectivity index (χ0v) is 12.2. The van der Waals surface area contributed by atoms with Gasteiger partial charge in [-0.3, -0.25) is 4.79 Å². The maximum atomic E-state index is 12.9. The van der Waals surface area contributed by atoms with Gasteiger partial charge >= 0.3 is 0 Å². The number of carbonyl (C=O) groups excluding carboxylic acids is 1. The van der Waals surface area contributed by atoms with Gasteiger partial charge in [-0.1, -0.05) is 24.3 Å². The fourth-order valence-corrected chi connectivity index (χ4v) is 4.42. The van der Waals surface area contributed by atoms with Crippen molar-refractivity contribution in [1.82, 2.24) is 4.90 Å². The van der Waals surface area contributed by atoms with Crippen molar-refractivity contribution in [3.05, 3.63) is 35.4 Å². The van der Waals surface area contributed by atoms with E-state index in [4.69, 9.17) is 0 Å². The Balaban J connectivity index is 1.57. The minimum Gasteiger partial charge on any atom is -0.326 e. The normalized spacial score (nSPS) is 33.6. The SMILES string of the molecule is N#CC1CCCCN1C(=O)C1C2CCc3ccccc3C21. The van der Waals surface area contributed by atoms with Gasteiger partial charge in [0.1, 0.15) is 6.04 Å². The molecule has 21 heavy (non-hydrogen) atoms. The lowest BCUT2D eigenvalue weighted by atomic mass is 9.92. The van der Waals surface area contributed by atoms with Crippen LogP contribution in [-0.2, 0) is 11.2 Å². The predicted octanol–water partition coefficient (Wildman–Crippen LogP) is 2.87. The fourth-order valence-electron chi connectivity index (χ4n) is 4.42. The number of fused-ring (bicyclic) bond motifs is 3. The van der Waals surface area contributed by atoms with Crippen LogP contribution in [0.5, 0.6) is 0 Å². The highest BCUT2D eigenvalue weighted by atomic mass is 16.2. The first kappa shape index (κ1) is 12.9. The molecule has 1 aliphatic heterocycles. The summed E-state index contributed by atoms with van der Waals surface area (Å²) in [5.41, 5.74) is 2.81. The van der Waals surface area contributed by atoms with Crippen molar-refractivity contribution in [1.29, 1.82) is 5.26 Å². The first-order valence-electron chi connectivity index (χ1n) is 8.09. The molecule has 108 valence electrons. The van der Waals surface area contributed by atoms with Crippen LogP contribution in [0.3, 0.4) is 0 Å². The number of likely N-dealkylation sites (tertiary alicyclic amines) is 1. The summed E-state index contributed by atoms with van der Waals surface area (Å²) < 4.78 is 0. The number of hydrogen-bond acceptors (Lipinski definition) is 2. The van der Waals surface area contributed by atoms with E-state index in [1.54, 1.807) is 0 Å². The van der Waals surface area contributed by atoms with Crippen LogP contribution in [0.15, 0.2) is 24.3 Å². The summed E-state index contributed by atoms with van der Waals surface area (Å²) in [6.07, 6.45) is 5.19. The van der Waals surface area contributed by atoms with E-state index < -0.39 is 0 Å². The van der Waals surface area contributed by atoms with E-state index in [-0.39, 0.29) is 17.9 Å². The van der Waals surface area contributed by atoms with Gasteiger partial charge in [-0.2, -0.15) is 5.26 Å². The van der Waals surface area contributed by atoms with Gasteiger partial charge in [0.25, 0.3) is 0 Å². The number of carbonyl (C=O) groups is 1. The molecule has 4 rings (SSSR count). The van der Waals surface area contributed by atoms with Gasteiger partial charge in [0.05, 0.1) is 6.07 Å². The summed E-state index contributed by atoms with van der Waals surface area (Å²) in [5.74, 6) is 1.33. The van der Waals surface area contributed by atoms with Crippen molar-refractivity contribution < 1.29 is 4.79 Å². The second-order valence-electron chi connectivity index (χ2n) is 6.63. The Hall–Kier alpha value is -1.82. The molecule has 0 aromatic heterocycles. The summed E-state index contributed by atoms with van der Waals surface area (Å²) in [6.45, 7) is 0.772. The quantitative estimate of drug-likeness (QED) is 0.794. The summed E-state index contributed by atoms with van der Waals surface area (Å²) in [6, 6.07) is 10.7. The minimum absolute atomic E-state index is 0.141. The number of piperidine rings is 1. The van der Waals surface area contributed by atoms with E-state index >= 15 is 0 Å². The second kappa shape index (κ2) is 4.87. The molecule has 1 saturated carbocycles. The van der Waals surface area contributed by atoms with Crippen LogP contribution in [0.25, 0.3) is 0 Å². The molecule has 0 radical (unpaired) electrons. The number of hydrogen-bond donors (Lipinski definition) is 0. The van der Waals surface area contributed by atoms with Crippen molar-refractivity contribution in [2.45, 2.75) is 44.1 Å². The fraction of sp³-hybridized carbons (Fsp3) is 0.556. The third kappa shape index (κ3) is 1.97. The molecule has 0 spiro atoms. The van der Waals surface area contributed by atoms with Crippen molar-refractivity contribution in [2.75, 3.05) is 6.54 Å². The maximum Gasteiger partial charge on any atom is 0.227 e. The molecule has 3 heteroatoms. The summed E-state index contributed by atoms with van der Waals surface area (Å²) in [7, 11) is 0. The van der Waals surface area contributed by atoms with Crippen LogP contribution in [-0.4, -0.2) is 23.4 Å². The van der Waals surface area contributed by atoms with E-state index in [0.717, 1.165) is 38.6 Å². The number of rotatable bonds is 1. The van der Waals surface area contributed by atoms with Crippen molar-refractivity contribution >= 4 is 5.91 Å². The average molecular weight is 280 g/mol. The van der Waals surface area contributed by atoms with Gasteiger partial charge in [-0.15, -0.1) is 0 Å². The monoisotopic (exact) mass is 280 g/mol. The summed E-state index contributed by atoms with van der Waals surface area (Å²) in [4.78, 5) is 14.8. The number of aryl methyl sites for hydroxylation is 1. The molecule has 2 aliphatic carbocycles. The van der Waals surface area contributed by atoms with Gasteiger partial charge in [0, 0.05) is 12.5 Å². The molecule has 4 unspecified atom stereocenters. The van der Waals surface area contributed by atoms with Crippen LogP contribution >= 0.6 is 0 Å². The van der Waals surface area contributed by atoms with E-state index in [9.17, 15) is 10.1 Å². The Morgan fingerprint density at radius 3 is 2.95 bits per heavy atom. The maximum absolute atomic E-state index is 12.9. The molecule has 3 nitrogen and oxygen atoms in total. The van der Waals surface area contributed by atoms with E-state index in [1.807, 2.05) is 4.90 Å². The molecular weight excluding hydrogens is 260 g/mol.